The second kappa shape index (κ2) is 7.11. The van der Waals surface area contributed by atoms with Gasteiger partial charge < -0.3 is 10.6 Å². The van der Waals surface area contributed by atoms with Gasteiger partial charge in [-0.1, -0.05) is 29.3 Å². The minimum absolute atomic E-state index is 0.367. The molecular weight excluding hydrogens is 375 g/mol. The third-order valence-electron chi connectivity index (χ3n) is 3.18. The van der Waals surface area contributed by atoms with E-state index in [4.69, 9.17) is 28.9 Å². The van der Waals surface area contributed by atoms with Gasteiger partial charge in [-0.15, -0.1) is 0 Å². The summed E-state index contributed by atoms with van der Waals surface area (Å²) in [7, 11) is 4.04. The highest BCUT2D eigenvalue weighted by atomic mass is 79.9. The van der Waals surface area contributed by atoms with Crippen LogP contribution < -0.4 is 5.73 Å². The Morgan fingerprint density at radius 2 is 2.10 bits per heavy atom. The van der Waals surface area contributed by atoms with Gasteiger partial charge in [0.15, 0.2) is 0 Å². The van der Waals surface area contributed by atoms with Gasteiger partial charge in [0, 0.05) is 16.6 Å². The molecule has 1 aromatic carbocycles. The van der Waals surface area contributed by atoms with E-state index in [9.17, 15) is 0 Å². The average molecular weight is 392 g/mol. The molecule has 0 spiro atoms. The topological polar surface area (TPSA) is 47.1 Å². The fourth-order valence-electron chi connectivity index (χ4n) is 2.06. The highest BCUT2D eigenvalue weighted by molar-refractivity contribution is 9.10. The van der Waals surface area contributed by atoms with Crippen molar-refractivity contribution in [3.8, 4) is 0 Å². The lowest BCUT2D eigenvalue weighted by Crippen LogP contribution is -2.23. The zero-order valence-electron chi connectivity index (χ0n) is 11.9. The Morgan fingerprint density at radius 3 is 2.71 bits per heavy atom. The lowest BCUT2D eigenvalue weighted by molar-refractivity contribution is 0.368. The summed E-state index contributed by atoms with van der Waals surface area (Å²) in [5.74, 6) is 0. The Morgan fingerprint density at radius 1 is 1.38 bits per heavy atom. The monoisotopic (exact) mass is 390 g/mol. The van der Waals surface area contributed by atoms with Crippen LogP contribution >= 0.6 is 39.1 Å². The smallest absolute Gasteiger partial charge is 0.0749 e. The third kappa shape index (κ3) is 3.99. The minimum Gasteiger partial charge on any atom is -0.319 e. The molecule has 0 aliphatic heterocycles. The molecule has 7 heteroatoms. The zero-order valence-corrected chi connectivity index (χ0v) is 15.0. The molecule has 2 rings (SSSR count). The van der Waals surface area contributed by atoms with E-state index in [1.807, 2.05) is 24.8 Å². The van der Waals surface area contributed by atoms with Gasteiger partial charge in [-0.25, -0.2) is 0 Å². The first-order valence-corrected chi connectivity index (χ1v) is 8.01. The number of hydrogen-bond acceptors (Lipinski definition) is 3. The summed E-state index contributed by atoms with van der Waals surface area (Å²) in [5.41, 5.74) is 8.12. The van der Waals surface area contributed by atoms with E-state index >= 15 is 0 Å². The van der Waals surface area contributed by atoms with Crippen molar-refractivity contribution in [2.24, 2.45) is 5.73 Å². The molecule has 0 amide bonds. The Hall–Kier alpha value is -0.590. The molecule has 0 aliphatic carbocycles. The number of hydrogen-bond donors (Lipinski definition) is 1. The summed E-state index contributed by atoms with van der Waals surface area (Å²) in [4.78, 5) is 2.10. The van der Waals surface area contributed by atoms with Crippen molar-refractivity contribution in [2.75, 3.05) is 20.6 Å². The van der Waals surface area contributed by atoms with E-state index in [0.29, 0.717) is 10.0 Å². The molecule has 0 radical (unpaired) electrons. The largest absolute Gasteiger partial charge is 0.319 e. The molecule has 1 unspecified atom stereocenters. The number of benzene rings is 1. The summed E-state index contributed by atoms with van der Waals surface area (Å²) >= 11 is 15.7. The normalized spacial score (nSPS) is 12.9. The van der Waals surface area contributed by atoms with Crippen LogP contribution in [0.2, 0.25) is 10.0 Å². The molecule has 1 atom stereocenters. The van der Waals surface area contributed by atoms with Crippen molar-refractivity contribution >= 4 is 39.1 Å². The lowest BCUT2D eigenvalue weighted by atomic mass is 10.0. The summed E-state index contributed by atoms with van der Waals surface area (Å²) in [6, 6.07) is 4.98. The number of rotatable bonds is 5. The molecule has 0 saturated carbocycles. The van der Waals surface area contributed by atoms with Crippen molar-refractivity contribution in [3.05, 3.63) is 50.2 Å². The van der Waals surface area contributed by atoms with E-state index in [0.717, 1.165) is 28.8 Å². The standard InChI is InChI=1S/C14H17BrCl2N4/c1-20(2)5-6-21-14(11(15)8-19-21)13(18)10-4-3-9(16)7-12(10)17/h3-4,7-8,13H,5-6,18H2,1-2H3. The van der Waals surface area contributed by atoms with E-state index in [1.165, 1.54) is 0 Å². The first-order chi connectivity index (χ1) is 9.90. The molecule has 0 fully saturated rings. The quantitative estimate of drug-likeness (QED) is 0.847. The van der Waals surface area contributed by atoms with Crippen LogP contribution in [0.3, 0.4) is 0 Å². The van der Waals surface area contributed by atoms with Crippen LogP contribution in [0.5, 0.6) is 0 Å². The van der Waals surface area contributed by atoms with Gasteiger partial charge in [-0.2, -0.15) is 5.10 Å². The number of nitrogens with two attached hydrogens (primary N) is 1. The van der Waals surface area contributed by atoms with Crippen molar-refractivity contribution in [2.45, 2.75) is 12.6 Å². The van der Waals surface area contributed by atoms with Crippen LogP contribution in [0.1, 0.15) is 17.3 Å². The Labute approximate surface area is 142 Å². The van der Waals surface area contributed by atoms with Crippen LogP contribution in [0.25, 0.3) is 0 Å². The SMILES string of the molecule is CN(C)CCn1ncc(Br)c1C(N)c1ccc(Cl)cc1Cl. The predicted octanol–water partition coefficient (Wildman–Crippen LogP) is 3.56. The van der Waals surface area contributed by atoms with E-state index in [2.05, 4.69) is 25.9 Å². The summed E-state index contributed by atoms with van der Waals surface area (Å²) < 4.78 is 2.78. The van der Waals surface area contributed by atoms with E-state index in [1.54, 1.807) is 18.3 Å². The maximum atomic E-state index is 6.39. The lowest BCUT2D eigenvalue weighted by Gasteiger charge is -2.18. The summed E-state index contributed by atoms with van der Waals surface area (Å²) in [5, 5.41) is 5.53. The average Bonchev–Trinajstić information content (AvgIpc) is 2.77. The Kier molecular flexibility index (Phi) is 5.68. The number of halogens is 3. The second-order valence-electron chi connectivity index (χ2n) is 5.05. The molecule has 2 aromatic rings. The zero-order chi connectivity index (χ0) is 15.6. The molecular formula is C14H17BrCl2N4. The molecule has 1 aromatic heterocycles. The fourth-order valence-corrected chi connectivity index (χ4v) is 3.12. The van der Waals surface area contributed by atoms with Gasteiger partial charge in [0.05, 0.1) is 29.0 Å². The van der Waals surface area contributed by atoms with Gasteiger partial charge in [-0.3, -0.25) is 4.68 Å². The third-order valence-corrected chi connectivity index (χ3v) is 4.36. The van der Waals surface area contributed by atoms with E-state index < -0.39 is 0 Å². The van der Waals surface area contributed by atoms with Crippen molar-refractivity contribution in [1.29, 1.82) is 0 Å². The van der Waals surface area contributed by atoms with Gasteiger partial charge in [-0.05, 0) is 47.7 Å². The van der Waals surface area contributed by atoms with Crippen LogP contribution in [-0.2, 0) is 6.54 Å². The highest BCUT2D eigenvalue weighted by Crippen LogP contribution is 2.32. The molecule has 0 saturated heterocycles. The number of nitrogens with zero attached hydrogens (tertiary/aromatic N) is 3. The van der Waals surface area contributed by atoms with Crippen LogP contribution in [0.15, 0.2) is 28.9 Å². The Bertz CT molecular complexity index is 627. The van der Waals surface area contributed by atoms with Gasteiger partial charge >= 0.3 is 0 Å². The van der Waals surface area contributed by atoms with Gasteiger partial charge in [0.25, 0.3) is 0 Å². The van der Waals surface area contributed by atoms with Crippen molar-refractivity contribution < 1.29 is 0 Å². The molecule has 1 heterocycles. The summed E-state index contributed by atoms with van der Waals surface area (Å²) in [6.07, 6.45) is 1.76. The van der Waals surface area contributed by atoms with E-state index in [-0.39, 0.29) is 6.04 Å². The minimum atomic E-state index is -0.367. The van der Waals surface area contributed by atoms with Crippen molar-refractivity contribution in [1.82, 2.24) is 14.7 Å². The molecule has 4 nitrogen and oxygen atoms in total. The highest BCUT2D eigenvalue weighted by Gasteiger charge is 2.20. The van der Waals surface area contributed by atoms with Crippen molar-refractivity contribution in [3.63, 3.8) is 0 Å². The molecule has 21 heavy (non-hydrogen) atoms. The molecule has 114 valence electrons. The fraction of sp³-hybridized carbons (Fsp3) is 0.357. The van der Waals surface area contributed by atoms with Crippen LogP contribution in [-0.4, -0.2) is 35.3 Å². The van der Waals surface area contributed by atoms with Crippen LogP contribution in [0, 0.1) is 0 Å². The molecule has 2 N–H and O–H groups in total. The second-order valence-corrected chi connectivity index (χ2v) is 6.75. The Balaban J connectivity index is 2.34. The number of likely N-dealkylation sites (N-methyl/N-ethyl adjacent to an activating group) is 1. The maximum Gasteiger partial charge on any atom is 0.0749 e. The first-order valence-electron chi connectivity index (χ1n) is 6.46. The molecule has 0 bridgehead atoms. The van der Waals surface area contributed by atoms with Gasteiger partial charge in [0.1, 0.15) is 0 Å². The summed E-state index contributed by atoms with van der Waals surface area (Å²) in [6.45, 7) is 1.63. The molecule has 0 aliphatic rings. The first kappa shape index (κ1) is 16.8. The number of aromatic nitrogens is 2. The maximum absolute atomic E-state index is 6.39. The predicted molar refractivity (Wildman–Crippen MR) is 91.0 cm³/mol. The van der Waals surface area contributed by atoms with Crippen LogP contribution in [0.4, 0.5) is 0 Å². The van der Waals surface area contributed by atoms with Gasteiger partial charge in [0.2, 0.25) is 0 Å².